The van der Waals surface area contributed by atoms with Gasteiger partial charge in [-0.25, -0.2) is 0 Å². The molecule has 686 valence electrons. The second kappa shape index (κ2) is 99.2. The molecule has 117 heavy (non-hydrogen) atoms. The molecule has 27 heteroatoms. The van der Waals surface area contributed by atoms with E-state index in [-0.39, 0.29) is 92.5 Å². The quantitative estimate of drug-likeness (QED) is 0.0109. The fourth-order valence-corrected chi connectivity index (χ4v) is 11.9. The third-order valence-corrected chi connectivity index (χ3v) is 19.5. The summed E-state index contributed by atoms with van der Waals surface area (Å²) in [5.74, 6) is 6.89. The molecule has 1 aliphatic rings. The number of nitrogens with zero attached hydrogens (tertiary/aromatic N) is 3. The Morgan fingerprint density at radius 1 is 0.402 bits per heavy atom. The van der Waals surface area contributed by atoms with Gasteiger partial charge in [-0.05, 0) is 120 Å². The number of benzene rings is 3. The molecule has 0 aliphatic carbocycles. The molecule has 0 unspecified atom stereocenters. The van der Waals surface area contributed by atoms with E-state index in [0.717, 1.165) is 148 Å². The number of β-amino-alcohol motifs (C(OH)–C–C–N with tert-alkyl or cyclic N) is 2. The molecule has 1 aliphatic heterocycles. The van der Waals surface area contributed by atoms with E-state index >= 15 is 0 Å². The van der Waals surface area contributed by atoms with Crippen LogP contribution in [0.15, 0.2) is 108 Å². The van der Waals surface area contributed by atoms with E-state index in [1.165, 1.54) is 108 Å². The molecule has 3 aromatic carbocycles. The Bertz CT molecular complexity index is 2460. The summed E-state index contributed by atoms with van der Waals surface area (Å²) in [5, 5.41) is 173. The van der Waals surface area contributed by atoms with E-state index < -0.39 is 11.2 Å². The van der Waals surface area contributed by atoms with Gasteiger partial charge in [-0.15, -0.1) is 0 Å². The second-order valence-corrected chi connectivity index (χ2v) is 30.8. The Balaban J connectivity index is -0.000000296. The zero-order valence-electron chi connectivity index (χ0n) is 73.0. The number of aliphatic hydroxyl groups is 20. The number of unbranched alkanes of at least 4 members (excludes halogenated alkanes) is 18. The summed E-state index contributed by atoms with van der Waals surface area (Å²) in [5.41, 5.74) is 5.98. The molecule has 1 fully saturated rings. The van der Waals surface area contributed by atoms with Crippen LogP contribution < -0.4 is 0 Å². The van der Waals surface area contributed by atoms with Crippen molar-refractivity contribution in [3.63, 3.8) is 0 Å². The zero-order chi connectivity index (χ0) is 88.8. The van der Waals surface area contributed by atoms with Gasteiger partial charge in [0.15, 0.2) is 0 Å². The SMILES string of the molecule is C/C(=C\CC/C(C)=C/CO)CO.CC(C)(O)c1ccc(C(C)(C)O)cc1.CCN(CCO)CCO.OC/C=C\CO.OCCCCCCCCCCCCCCCCO.OCCCCCCCCO.OCCN1CCN(CCO)CC1.OCCOCC#CCOCCO.OCCSSCCO.OCc1ccccc1-c1ccccc1CO. The van der Waals surface area contributed by atoms with Crippen LogP contribution in [0.2, 0.25) is 0 Å². The van der Waals surface area contributed by atoms with Gasteiger partial charge in [0.05, 0.1) is 117 Å². The lowest BCUT2D eigenvalue weighted by molar-refractivity contribution is 0.0744. The number of aliphatic hydroxyl groups excluding tert-OH is 18. The monoisotopic (exact) mass is 1710 g/mol. The molecule has 1 saturated heterocycles. The Morgan fingerprint density at radius 2 is 0.726 bits per heavy atom. The zero-order valence-corrected chi connectivity index (χ0v) is 74.7. The van der Waals surface area contributed by atoms with Gasteiger partial charge >= 0.3 is 0 Å². The number of rotatable bonds is 54. The number of hydrogen-bond acceptors (Lipinski definition) is 27. The molecule has 25 nitrogen and oxygen atoms in total. The second-order valence-electron chi connectivity index (χ2n) is 28.1. The van der Waals surface area contributed by atoms with E-state index in [9.17, 15) is 20.4 Å². The Labute approximate surface area is 714 Å². The van der Waals surface area contributed by atoms with Crippen molar-refractivity contribution in [2.24, 2.45) is 0 Å². The number of allylic oxidation sites excluding steroid dienone is 2. The smallest absolute Gasteiger partial charge is 0.107 e. The highest BCUT2D eigenvalue weighted by Crippen LogP contribution is 2.28. The van der Waals surface area contributed by atoms with Crippen molar-refractivity contribution in [3.05, 3.63) is 131 Å². The van der Waals surface area contributed by atoms with Crippen LogP contribution in [0.25, 0.3) is 11.1 Å². The van der Waals surface area contributed by atoms with Crippen LogP contribution in [0, 0.1) is 11.8 Å². The molecule has 0 radical (unpaired) electrons. The maximum absolute atomic E-state index is 9.72. The number of piperazine rings is 1. The van der Waals surface area contributed by atoms with Crippen LogP contribution in [-0.4, -0.2) is 319 Å². The van der Waals surface area contributed by atoms with E-state index in [1.807, 2.05) is 111 Å². The molecule has 4 rings (SSSR count). The third-order valence-electron chi connectivity index (χ3n) is 17.1. The van der Waals surface area contributed by atoms with Crippen molar-refractivity contribution in [2.75, 3.05) is 203 Å². The minimum absolute atomic E-state index is 0.00986. The van der Waals surface area contributed by atoms with Crippen molar-refractivity contribution < 1.29 is 112 Å². The number of hydrogen-bond donors (Lipinski definition) is 20. The van der Waals surface area contributed by atoms with E-state index in [1.54, 1.807) is 49.3 Å². The molecule has 0 atom stereocenters. The predicted octanol–water partition coefficient (Wildman–Crippen LogP) is 8.64. The van der Waals surface area contributed by atoms with Crippen LogP contribution in [0.4, 0.5) is 0 Å². The van der Waals surface area contributed by atoms with Gasteiger partial charge in [0, 0.05) is 90.3 Å². The molecule has 1 heterocycles. The summed E-state index contributed by atoms with van der Waals surface area (Å²) in [4.78, 5) is 6.47. The first kappa shape index (κ1) is 124. The van der Waals surface area contributed by atoms with Crippen LogP contribution in [0.1, 0.15) is 212 Å². The lowest BCUT2D eigenvalue weighted by Gasteiger charge is -2.33. The van der Waals surface area contributed by atoms with Crippen molar-refractivity contribution in [2.45, 2.75) is 214 Å². The first-order valence-electron chi connectivity index (χ1n) is 42.2. The highest BCUT2D eigenvalue weighted by molar-refractivity contribution is 8.76. The third kappa shape index (κ3) is 91.2. The van der Waals surface area contributed by atoms with E-state index in [0.29, 0.717) is 65.9 Å². The summed E-state index contributed by atoms with van der Waals surface area (Å²) >= 11 is 0. The molecule has 3 aromatic rings. The van der Waals surface area contributed by atoms with Crippen LogP contribution in [0.5, 0.6) is 0 Å². The van der Waals surface area contributed by atoms with Gasteiger partial charge in [0.2, 0.25) is 0 Å². The molecular formula is C90H167N3O22S2. The van der Waals surface area contributed by atoms with Gasteiger partial charge in [0.1, 0.15) is 13.2 Å². The van der Waals surface area contributed by atoms with E-state index in [4.69, 9.17) is 91.2 Å². The van der Waals surface area contributed by atoms with Gasteiger partial charge in [0.25, 0.3) is 0 Å². The minimum Gasteiger partial charge on any atom is -0.396 e. The largest absolute Gasteiger partial charge is 0.396 e. The Kier molecular flexibility index (Phi) is 105. The highest BCUT2D eigenvalue weighted by atomic mass is 33.1. The first-order chi connectivity index (χ1) is 56.6. The fourth-order valence-electron chi connectivity index (χ4n) is 10.3. The van der Waals surface area contributed by atoms with Crippen LogP contribution >= 0.6 is 21.6 Å². The van der Waals surface area contributed by atoms with Crippen molar-refractivity contribution in [3.8, 4) is 23.0 Å². The maximum atomic E-state index is 9.72. The van der Waals surface area contributed by atoms with Crippen molar-refractivity contribution >= 4 is 21.6 Å². The fraction of sp³-hybridized carbons (Fsp3) is 0.711. The average molecular weight is 1710 g/mol. The molecule has 0 spiro atoms. The van der Waals surface area contributed by atoms with Gasteiger partial charge in [-0.2, -0.15) is 0 Å². The van der Waals surface area contributed by atoms with Crippen molar-refractivity contribution in [1.82, 2.24) is 14.7 Å². The summed E-state index contributed by atoms with van der Waals surface area (Å²) in [6, 6.07) is 22.7. The summed E-state index contributed by atoms with van der Waals surface area (Å²) in [7, 11) is 3.17. The molecule has 0 bridgehead atoms. The van der Waals surface area contributed by atoms with Crippen molar-refractivity contribution in [1.29, 1.82) is 0 Å². The molecule has 20 N–H and O–H groups in total. The Morgan fingerprint density at radius 3 is 0.974 bits per heavy atom. The Hall–Kier alpha value is -3.86. The molecular weight excluding hydrogens is 1540 g/mol. The number of likely N-dealkylation sites (N-methyl/N-ethyl adjacent to an activating group) is 1. The van der Waals surface area contributed by atoms with Gasteiger partial charge in [-0.3, -0.25) is 14.7 Å². The van der Waals surface area contributed by atoms with Gasteiger partial charge in [-0.1, -0.05) is 251 Å². The first-order valence-corrected chi connectivity index (χ1v) is 44.7. The van der Waals surface area contributed by atoms with Crippen LogP contribution in [-0.2, 0) is 33.9 Å². The van der Waals surface area contributed by atoms with Crippen LogP contribution in [0.3, 0.4) is 0 Å². The summed E-state index contributed by atoms with van der Waals surface area (Å²) < 4.78 is 9.72. The predicted molar refractivity (Wildman–Crippen MR) is 482 cm³/mol. The maximum Gasteiger partial charge on any atom is 0.107 e. The summed E-state index contributed by atoms with van der Waals surface area (Å²) in [6.45, 7) is 25.0. The molecule has 0 aromatic heterocycles. The number of ether oxygens (including phenoxy) is 2. The highest BCUT2D eigenvalue weighted by Gasteiger charge is 2.20. The minimum atomic E-state index is -0.821. The van der Waals surface area contributed by atoms with E-state index in [2.05, 4.69) is 21.6 Å². The topological polar surface area (TPSA) is 433 Å². The lowest BCUT2D eigenvalue weighted by atomic mass is 9.93. The summed E-state index contributed by atoms with van der Waals surface area (Å²) in [6.07, 6.45) is 33.2. The standard InChI is InChI=1S/C16H34O2.C14H14O2.C12H18O2.C10H18O2.C8H18N2O2.C8H14O4.C8H18O2.C6H15NO2.C4H10O2S2.C4H8O2/c17-15-13-11-9-7-5-3-1-2-4-6-8-10-12-14-16-18;15-9-11-5-1-3-7-13(11)14-8-4-2-6-12(14)10-16;1-11(2,13)9-5-7-10(8-6-9)12(3,4)14;1-9(6-7-11)4-3-5-10(2)8-12;11-7-5-9-1-2-10(4-3-9)6-8-12;9-3-7-11-5-1-2-6-12-8-4-10;9-7-5-3-1-2-4-6-8-10;1-2-7(3-5-8)4-6-9;5-1-3-7-8-4-2-6;5-3-1-2-4-6/h17-18H,1-16H2;1-8,15-16H,9-10H2;5-8,13-14H,1-4H3;5-6,11-12H,3-4,7-8H2,1-2H3;11-12H,1-8H2;9-10H,3-8H2;9-10H,1-8H2;8-9H,2-6H2,1H3;5-6H,1-4H2;1-2,5-6H,3-4H2/b;;;9-6+,10-5+;;;;;;2-1-. The lowest BCUT2D eigenvalue weighted by Crippen LogP contribution is -2.47. The molecule has 0 amide bonds. The average Bonchev–Trinajstić information content (AvgIpc) is 0.836. The van der Waals surface area contributed by atoms with Gasteiger partial charge < -0.3 is 112 Å². The molecule has 0 saturated carbocycles. The normalized spacial score (nSPS) is 12.1.